The summed E-state index contributed by atoms with van der Waals surface area (Å²) in [5, 5.41) is 63.0. The van der Waals surface area contributed by atoms with Gasteiger partial charge < -0.3 is 79.7 Å². The number of aliphatic hydroxyl groups excluding tert-OH is 1. The predicted molar refractivity (Wildman–Crippen MR) is 307 cm³/mol. The third-order valence-electron chi connectivity index (χ3n) is 13.6. The summed E-state index contributed by atoms with van der Waals surface area (Å²) in [6, 6.07) is -13.9. The van der Waals surface area contributed by atoms with Gasteiger partial charge in [-0.1, -0.05) is 106 Å². The number of nitrogens with one attached hydrogen (secondary N) is 10. The Hall–Kier alpha value is -7.01. The number of primary amides is 1. The van der Waals surface area contributed by atoms with Crippen LogP contribution in [0.2, 0.25) is 0 Å². The highest BCUT2D eigenvalue weighted by Gasteiger charge is 2.36. The molecule has 0 spiro atoms. The lowest BCUT2D eigenvalue weighted by Gasteiger charge is -2.30. The first-order valence-electron chi connectivity index (χ1n) is 29.1. The van der Waals surface area contributed by atoms with Gasteiger partial charge in [0, 0.05) is 25.7 Å². The van der Waals surface area contributed by atoms with Gasteiger partial charge in [-0.25, -0.2) is 0 Å². The predicted octanol–water partition coefficient (Wildman–Crippen LogP) is -0.997. The van der Waals surface area contributed by atoms with Crippen LogP contribution < -0.4 is 64.6 Å². The molecule has 0 aliphatic rings. The van der Waals surface area contributed by atoms with Gasteiger partial charge in [-0.15, -0.1) is 0 Å². The van der Waals surface area contributed by atoms with E-state index < -0.39 is 193 Å². The number of nitrogens with two attached hydrogens (primary N) is 2. The molecule has 0 saturated heterocycles. The van der Waals surface area contributed by atoms with Crippen molar-refractivity contribution in [2.45, 2.75) is 245 Å². The topological polar surface area (TPSA) is 475 Å². The Balaban J connectivity index is 5.72. The Morgan fingerprint density at radius 3 is 1.07 bits per heavy atom. The van der Waals surface area contributed by atoms with Crippen molar-refractivity contribution >= 4 is 77.0 Å². The Morgan fingerprint density at radius 2 is 0.690 bits per heavy atom. The van der Waals surface area contributed by atoms with Crippen LogP contribution in [0.5, 0.6) is 0 Å². The van der Waals surface area contributed by atoms with E-state index in [9.17, 15) is 77.6 Å². The molecule has 11 atom stereocenters. The molecule has 0 aromatic rings. The van der Waals surface area contributed by atoms with E-state index in [-0.39, 0.29) is 12.8 Å². The van der Waals surface area contributed by atoms with Gasteiger partial charge in [0.15, 0.2) is 0 Å². The SMILES string of the molecule is CCCCCCCCCCCCN[C@@H](O)C[C@H](NC(=O)[C@@H](NC(=O)[C@@H](NC(=O)[C@@H](NC(=O)[C@H](C)NC(=O)[C@H](C)NC(=O)[C@H](C)NC(=O)[C@H](CCC(=O)O)NC(=O)[C@H](CCC(=O)O)NC(=O)[C@@H](N)CCC(=O)O)C(C)C)C(C)C)C(C)C)C(N)=O. The summed E-state index contributed by atoms with van der Waals surface area (Å²) in [4.78, 5) is 167. The average molecular weight is 1200 g/mol. The number of hydrogen-bond acceptors (Lipinski definition) is 16. The standard InChI is InChI=1S/C55H98N12O17/c1-11-12-13-14-15-16-17-18-19-20-27-58-39(68)28-38(46(57)75)64-53(82)43(29(2)3)66-55(84)45(31(6)7)67-54(83)44(30(4)5)65-49(78)34(10)60-47(76)32(8)59-48(77)33(9)61-51(80)36(22-25-41(71)72)63-52(81)37(23-26-42(73)74)62-50(79)35(56)21-24-40(69)70/h29-39,43-45,58,68H,11-28,56H2,1-10H3,(H2,57,75)(H,59,77)(H,60,76)(H,61,80)(H,62,79)(H,63,81)(H,64,82)(H,65,78)(H,66,84)(H,67,83)(H,69,70)(H,71,72)(H,73,74)/t32-,33-,34-,35-,36-,37-,38-,39-,43-,44-,45-/m0/s1. The van der Waals surface area contributed by atoms with Crippen LogP contribution in [-0.2, 0) is 62.3 Å². The number of carbonyl (C=O) groups excluding carboxylic acids is 10. The first-order valence-corrected chi connectivity index (χ1v) is 29.1. The largest absolute Gasteiger partial charge is 0.481 e. The lowest BCUT2D eigenvalue weighted by molar-refractivity contribution is -0.140. The van der Waals surface area contributed by atoms with Crippen LogP contribution in [0.15, 0.2) is 0 Å². The molecule has 480 valence electrons. The minimum atomic E-state index is -1.67. The molecule has 0 aliphatic heterocycles. The van der Waals surface area contributed by atoms with Crippen LogP contribution in [0.25, 0.3) is 0 Å². The van der Waals surface area contributed by atoms with Gasteiger partial charge in [0.2, 0.25) is 59.1 Å². The zero-order chi connectivity index (χ0) is 64.4. The van der Waals surface area contributed by atoms with E-state index in [1.807, 2.05) is 0 Å². The lowest BCUT2D eigenvalue weighted by Crippen LogP contribution is -2.62. The van der Waals surface area contributed by atoms with E-state index in [1.54, 1.807) is 41.5 Å². The van der Waals surface area contributed by atoms with Gasteiger partial charge in [-0.2, -0.15) is 0 Å². The van der Waals surface area contributed by atoms with Crippen molar-refractivity contribution in [3.05, 3.63) is 0 Å². The molecule has 10 amide bonds. The summed E-state index contributed by atoms with van der Waals surface area (Å²) in [6.07, 6.45) is 6.77. The fraction of sp³-hybridized carbons (Fsp3) is 0.764. The highest BCUT2D eigenvalue weighted by atomic mass is 16.4. The second kappa shape index (κ2) is 41.1. The molecule has 0 saturated carbocycles. The summed E-state index contributed by atoms with van der Waals surface area (Å²) >= 11 is 0. The molecule has 0 heterocycles. The van der Waals surface area contributed by atoms with Gasteiger partial charge in [-0.3, -0.25) is 67.6 Å². The first-order chi connectivity index (χ1) is 39.2. The van der Waals surface area contributed by atoms with Crippen LogP contribution in [0.1, 0.15) is 178 Å². The molecule has 0 fully saturated rings. The van der Waals surface area contributed by atoms with Crippen molar-refractivity contribution in [2.75, 3.05) is 6.54 Å². The number of carbonyl (C=O) groups is 13. The van der Waals surface area contributed by atoms with E-state index in [0.717, 1.165) is 25.7 Å². The zero-order valence-electron chi connectivity index (χ0n) is 50.6. The van der Waals surface area contributed by atoms with Crippen LogP contribution in [-0.4, -0.2) is 171 Å². The molecule has 0 aliphatic carbocycles. The molecule has 0 unspecified atom stereocenters. The van der Waals surface area contributed by atoms with E-state index in [4.69, 9.17) is 16.6 Å². The molecule has 0 bridgehead atoms. The second-order valence-electron chi connectivity index (χ2n) is 22.3. The number of hydrogen-bond donors (Lipinski definition) is 16. The molecule has 0 radical (unpaired) electrons. The second-order valence-corrected chi connectivity index (χ2v) is 22.3. The molecular formula is C55H98N12O17. The van der Waals surface area contributed by atoms with Crippen LogP contribution >= 0.6 is 0 Å². The Morgan fingerprint density at radius 1 is 0.381 bits per heavy atom. The Bertz CT molecular complexity index is 2180. The Labute approximate surface area is 492 Å². The van der Waals surface area contributed by atoms with E-state index in [0.29, 0.717) is 6.54 Å². The van der Waals surface area contributed by atoms with Crippen molar-refractivity contribution in [2.24, 2.45) is 29.2 Å². The van der Waals surface area contributed by atoms with Crippen molar-refractivity contribution in [3.63, 3.8) is 0 Å². The normalized spacial score (nSPS) is 15.2. The molecule has 0 aromatic heterocycles. The van der Waals surface area contributed by atoms with E-state index in [2.05, 4.69) is 60.1 Å². The third-order valence-corrected chi connectivity index (χ3v) is 13.6. The van der Waals surface area contributed by atoms with Gasteiger partial charge in [0.05, 0.1) is 6.04 Å². The fourth-order valence-electron chi connectivity index (χ4n) is 8.29. The lowest BCUT2D eigenvalue weighted by atomic mass is 9.97. The van der Waals surface area contributed by atoms with Gasteiger partial charge in [-0.05, 0) is 70.8 Å². The maximum atomic E-state index is 13.8. The molecule has 0 rings (SSSR count). The summed E-state index contributed by atoms with van der Waals surface area (Å²) in [6.45, 7) is 16.2. The van der Waals surface area contributed by atoms with Crippen LogP contribution in [0, 0.1) is 17.8 Å². The highest BCUT2D eigenvalue weighted by molar-refractivity contribution is 5.98. The highest BCUT2D eigenvalue weighted by Crippen LogP contribution is 2.13. The minimum Gasteiger partial charge on any atom is -0.481 e. The molecule has 0 aromatic carbocycles. The van der Waals surface area contributed by atoms with Crippen LogP contribution in [0.3, 0.4) is 0 Å². The van der Waals surface area contributed by atoms with E-state index >= 15 is 0 Å². The maximum Gasteiger partial charge on any atom is 0.303 e. The van der Waals surface area contributed by atoms with Crippen molar-refractivity contribution in [1.29, 1.82) is 0 Å². The third kappa shape index (κ3) is 32.2. The maximum absolute atomic E-state index is 13.8. The number of aliphatic carboxylic acids is 3. The smallest absolute Gasteiger partial charge is 0.303 e. The van der Waals surface area contributed by atoms with Crippen molar-refractivity contribution < 1.29 is 82.8 Å². The number of carboxylic acids is 3. The average Bonchev–Trinajstić information content (AvgIpc) is 3.56. The quantitative estimate of drug-likeness (QED) is 0.0257. The molecule has 84 heavy (non-hydrogen) atoms. The number of rotatable bonds is 45. The molecule has 29 nitrogen and oxygen atoms in total. The molecular weight excluding hydrogens is 1100 g/mol. The number of carboxylic acid groups (broad SMARTS) is 3. The van der Waals surface area contributed by atoms with Gasteiger partial charge >= 0.3 is 17.9 Å². The molecule has 18 N–H and O–H groups in total. The first kappa shape index (κ1) is 77.0. The molecule has 29 heteroatoms. The monoisotopic (exact) mass is 1200 g/mol. The number of unbranched alkanes of at least 4 members (excludes halogenated alkanes) is 9. The summed E-state index contributed by atoms with van der Waals surface area (Å²) < 4.78 is 0. The summed E-state index contributed by atoms with van der Waals surface area (Å²) in [5.41, 5.74) is 11.3. The van der Waals surface area contributed by atoms with Gasteiger partial charge in [0.1, 0.15) is 60.6 Å². The number of aliphatic hydroxyl groups is 1. The van der Waals surface area contributed by atoms with Crippen molar-refractivity contribution in [1.82, 2.24) is 53.2 Å². The van der Waals surface area contributed by atoms with E-state index in [1.165, 1.54) is 59.3 Å². The Kier molecular flexibility index (Phi) is 37.7. The van der Waals surface area contributed by atoms with Crippen molar-refractivity contribution in [3.8, 4) is 0 Å². The minimum absolute atomic E-state index is 0.233. The zero-order valence-corrected chi connectivity index (χ0v) is 50.6. The number of amides is 10. The summed E-state index contributed by atoms with van der Waals surface area (Å²) in [7, 11) is 0. The summed E-state index contributed by atoms with van der Waals surface area (Å²) in [5.74, 6) is -14.8. The van der Waals surface area contributed by atoms with Crippen LogP contribution in [0.4, 0.5) is 0 Å². The fourth-order valence-corrected chi connectivity index (χ4v) is 8.29. The van der Waals surface area contributed by atoms with Gasteiger partial charge in [0.25, 0.3) is 0 Å².